The lowest BCUT2D eigenvalue weighted by molar-refractivity contribution is 0.0584. The summed E-state index contributed by atoms with van der Waals surface area (Å²) in [6.07, 6.45) is 2.92. The Balaban J connectivity index is 1.81. The molecule has 1 aromatic carbocycles. The van der Waals surface area contributed by atoms with Gasteiger partial charge in [0, 0.05) is 29.9 Å². The molecule has 0 aliphatic carbocycles. The van der Waals surface area contributed by atoms with Gasteiger partial charge >= 0.3 is 0 Å². The lowest BCUT2D eigenvalue weighted by Gasteiger charge is -2.38. The summed E-state index contributed by atoms with van der Waals surface area (Å²) in [6, 6.07) is 9.76. The fourth-order valence-electron chi connectivity index (χ4n) is 3.26. The fraction of sp³-hybridized carbons (Fsp3) is 0.389. The number of nitrogens with one attached hydrogen (secondary N) is 1. The van der Waals surface area contributed by atoms with E-state index in [4.69, 9.17) is 5.73 Å². The minimum Gasteiger partial charge on any atom is -0.334 e. The molecule has 1 amide bonds. The average molecular weight is 394 g/mol. The summed E-state index contributed by atoms with van der Waals surface area (Å²) >= 11 is 1.15. The Kier molecular flexibility index (Phi) is 5.64. The molecule has 0 bridgehead atoms. The van der Waals surface area contributed by atoms with Crippen LogP contribution in [-0.4, -0.2) is 37.9 Å². The highest BCUT2D eigenvalue weighted by molar-refractivity contribution is 7.94. The number of nitrogens with zero attached hydrogens (tertiary/aromatic N) is 1. The second kappa shape index (κ2) is 7.77. The zero-order valence-electron chi connectivity index (χ0n) is 14.6. The van der Waals surface area contributed by atoms with Gasteiger partial charge in [0.05, 0.1) is 0 Å². The highest BCUT2D eigenvalue weighted by atomic mass is 32.2. The molecular formula is C18H23N3O3S2. The molecule has 140 valence electrons. The topological polar surface area (TPSA) is 92.5 Å². The van der Waals surface area contributed by atoms with E-state index in [1.165, 1.54) is 0 Å². The van der Waals surface area contributed by atoms with Crippen molar-refractivity contribution < 1.29 is 13.2 Å². The van der Waals surface area contributed by atoms with E-state index in [2.05, 4.69) is 4.72 Å². The molecule has 1 saturated heterocycles. The first-order chi connectivity index (χ1) is 12.4. The monoisotopic (exact) mass is 393 g/mol. The maximum Gasteiger partial charge on any atom is 0.271 e. The van der Waals surface area contributed by atoms with E-state index in [0.717, 1.165) is 30.6 Å². The van der Waals surface area contributed by atoms with Crippen molar-refractivity contribution in [2.75, 3.05) is 11.3 Å². The molecule has 26 heavy (non-hydrogen) atoms. The second-order valence-electron chi connectivity index (χ2n) is 6.54. The second-order valence-corrected chi connectivity index (χ2v) is 9.40. The molecule has 0 spiro atoms. The van der Waals surface area contributed by atoms with E-state index in [9.17, 15) is 13.2 Å². The summed E-state index contributed by atoms with van der Waals surface area (Å²) < 4.78 is 27.5. The van der Waals surface area contributed by atoms with Crippen molar-refractivity contribution in [3.63, 3.8) is 0 Å². The van der Waals surface area contributed by atoms with E-state index >= 15 is 0 Å². The van der Waals surface area contributed by atoms with Crippen LogP contribution in [0.1, 0.15) is 36.5 Å². The Morgan fingerprint density at radius 2 is 2.12 bits per heavy atom. The summed E-state index contributed by atoms with van der Waals surface area (Å²) in [5.74, 6) is -0.107. The number of hydrogen-bond acceptors (Lipinski definition) is 5. The Hall–Kier alpha value is -1.90. The number of benzene rings is 1. The predicted octanol–water partition coefficient (Wildman–Crippen LogP) is 2.89. The molecule has 2 aromatic rings. The van der Waals surface area contributed by atoms with Crippen LogP contribution in [-0.2, 0) is 10.0 Å². The van der Waals surface area contributed by atoms with Crippen LogP contribution < -0.4 is 10.5 Å². The van der Waals surface area contributed by atoms with Crippen molar-refractivity contribution in [1.82, 2.24) is 4.90 Å². The Labute approximate surface area is 158 Å². The number of amides is 1. The molecule has 1 aliphatic rings. The number of thiophene rings is 1. The van der Waals surface area contributed by atoms with Crippen molar-refractivity contribution in [3.8, 4) is 0 Å². The number of likely N-dealkylation sites (tertiary alicyclic amines) is 1. The van der Waals surface area contributed by atoms with Crippen LogP contribution in [0.15, 0.2) is 46.0 Å². The highest BCUT2D eigenvalue weighted by Crippen LogP contribution is 2.24. The SMILES string of the molecule is CC(N)C1CCCCN1C(=O)c1cccc(NS(=O)(=O)c2cccs2)c1. The van der Waals surface area contributed by atoms with Gasteiger partial charge in [0.25, 0.3) is 15.9 Å². The first kappa shape index (κ1) is 18.9. The van der Waals surface area contributed by atoms with Crippen LogP contribution in [0.4, 0.5) is 5.69 Å². The molecule has 1 aromatic heterocycles. The van der Waals surface area contributed by atoms with E-state index in [1.54, 1.807) is 41.8 Å². The van der Waals surface area contributed by atoms with Crippen LogP contribution in [0.3, 0.4) is 0 Å². The van der Waals surface area contributed by atoms with Crippen molar-refractivity contribution >= 4 is 33.0 Å². The van der Waals surface area contributed by atoms with Crippen molar-refractivity contribution in [2.24, 2.45) is 5.73 Å². The molecule has 0 saturated carbocycles. The minimum atomic E-state index is -3.64. The molecule has 6 nitrogen and oxygen atoms in total. The number of carbonyl (C=O) groups is 1. The largest absolute Gasteiger partial charge is 0.334 e. The number of anilines is 1. The molecule has 2 atom stereocenters. The Morgan fingerprint density at radius 1 is 1.31 bits per heavy atom. The number of piperidine rings is 1. The third kappa shape index (κ3) is 4.08. The van der Waals surface area contributed by atoms with E-state index < -0.39 is 10.0 Å². The first-order valence-corrected chi connectivity index (χ1v) is 11.0. The quantitative estimate of drug-likeness (QED) is 0.817. The van der Waals surface area contributed by atoms with Crippen molar-refractivity contribution in [2.45, 2.75) is 42.5 Å². The first-order valence-electron chi connectivity index (χ1n) is 8.61. The van der Waals surface area contributed by atoms with Gasteiger partial charge < -0.3 is 10.6 Å². The number of carbonyl (C=O) groups excluding carboxylic acids is 1. The minimum absolute atomic E-state index is 0.0164. The van der Waals surface area contributed by atoms with Gasteiger partial charge in [0.15, 0.2) is 0 Å². The third-order valence-corrected chi connectivity index (χ3v) is 7.32. The van der Waals surface area contributed by atoms with Crippen LogP contribution in [0.2, 0.25) is 0 Å². The normalized spacial score (nSPS) is 19.2. The van der Waals surface area contributed by atoms with Crippen LogP contribution in [0, 0.1) is 0 Å². The van der Waals surface area contributed by atoms with Gasteiger partial charge in [0.1, 0.15) is 4.21 Å². The number of rotatable bonds is 5. The average Bonchev–Trinajstić information content (AvgIpc) is 3.16. The molecular weight excluding hydrogens is 370 g/mol. The Bertz CT molecular complexity index is 864. The maximum atomic E-state index is 13.0. The maximum absolute atomic E-state index is 13.0. The molecule has 2 unspecified atom stereocenters. The predicted molar refractivity (Wildman–Crippen MR) is 104 cm³/mol. The van der Waals surface area contributed by atoms with E-state index in [-0.39, 0.29) is 22.2 Å². The number of sulfonamides is 1. The summed E-state index contributed by atoms with van der Waals surface area (Å²) in [5, 5.41) is 1.71. The lowest BCUT2D eigenvalue weighted by Crippen LogP contribution is -2.51. The molecule has 1 fully saturated rings. The summed E-state index contributed by atoms with van der Waals surface area (Å²) in [6.45, 7) is 2.60. The van der Waals surface area contributed by atoms with Gasteiger partial charge in [-0.2, -0.15) is 0 Å². The van der Waals surface area contributed by atoms with Crippen LogP contribution >= 0.6 is 11.3 Å². The molecule has 8 heteroatoms. The van der Waals surface area contributed by atoms with Gasteiger partial charge in [-0.3, -0.25) is 9.52 Å². The van der Waals surface area contributed by atoms with Crippen molar-refractivity contribution in [3.05, 3.63) is 47.3 Å². The Morgan fingerprint density at radius 3 is 2.81 bits per heavy atom. The fourth-order valence-corrected chi connectivity index (χ4v) is 5.30. The van der Waals surface area contributed by atoms with E-state index in [1.807, 2.05) is 11.8 Å². The summed E-state index contributed by atoms with van der Waals surface area (Å²) in [5.41, 5.74) is 6.89. The van der Waals surface area contributed by atoms with Gasteiger partial charge in [-0.05, 0) is 55.8 Å². The summed E-state index contributed by atoms with van der Waals surface area (Å²) in [7, 11) is -3.64. The van der Waals surface area contributed by atoms with Crippen LogP contribution in [0.5, 0.6) is 0 Å². The molecule has 3 N–H and O–H groups in total. The molecule has 3 rings (SSSR count). The zero-order valence-corrected chi connectivity index (χ0v) is 16.2. The number of nitrogens with two attached hydrogens (primary N) is 1. The van der Waals surface area contributed by atoms with Crippen LogP contribution in [0.25, 0.3) is 0 Å². The number of hydrogen-bond donors (Lipinski definition) is 2. The van der Waals surface area contributed by atoms with Gasteiger partial charge in [-0.25, -0.2) is 8.42 Å². The van der Waals surface area contributed by atoms with Gasteiger partial charge in [-0.15, -0.1) is 11.3 Å². The van der Waals surface area contributed by atoms with Gasteiger partial charge in [0.2, 0.25) is 0 Å². The standard InChI is InChI=1S/C18H23N3O3S2/c1-13(19)16-8-2-3-10-21(16)18(22)14-6-4-7-15(12-14)20-26(23,24)17-9-5-11-25-17/h4-7,9,11-13,16,20H,2-3,8,10,19H2,1H3. The molecule has 1 aliphatic heterocycles. The zero-order chi connectivity index (χ0) is 18.7. The third-order valence-electron chi connectivity index (χ3n) is 4.54. The van der Waals surface area contributed by atoms with Gasteiger partial charge in [-0.1, -0.05) is 12.1 Å². The molecule has 2 heterocycles. The smallest absolute Gasteiger partial charge is 0.271 e. The molecule has 0 radical (unpaired) electrons. The lowest BCUT2D eigenvalue weighted by atomic mass is 9.96. The summed E-state index contributed by atoms with van der Waals surface area (Å²) in [4.78, 5) is 14.8. The van der Waals surface area contributed by atoms with Crippen molar-refractivity contribution in [1.29, 1.82) is 0 Å². The highest BCUT2D eigenvalue weighted by Gasteiger charge is 2.30. The van der Waals surface area contributed by atoms with E-state index in [0.29, 0.717) is 17.8 Å².